The van der Waals surface area contributed by atoms with Crippen LogP contribution in [0.4, 0.5) is 13.2 Å². The summed E-state index contributed by atoms with van der Waals surface area (Å²) < 4.78 is 37.8. The van der Waals surface area contributed by atoms with Gasteiger partial charge >= 0.3 is 6.18 Å². The molecule has 0 aliphatic carbocycles. The van der Waals surface area contributed by atoms with Gasteiger partial charge in [0.15, 0.2) is 11.7 Å². The van der Waals surface area contributed by atoms with Crippen molar-refractivity contribution in [3.05, 3.63) is 16.1 Å². The van der Waals surface area contributed by atoms with Crippen LogP contribution >= 0.6 is 35.3 Å². The largest absolute Gasteiger partial charge is 0.434 e. The van der Waals surface area contributed by atoms with Crippen LogP contribution < -0.4 is 10.6 Å². The molecule has 0 bridgehead atoms. The summed E-state index contributed by atoms with van der Waals surface area (Å²) in [4.78, 5) is 10.3. The zero-order chi connectivity index (χ0) is 19.6. The van der Waals surface area contributed by atoms with E-state index in [1.807, 2.05) is 6.92 Å². The average Bonchev–Trinajstić information content (AvgIpc) is 3.06. The molecule has 0 aliphatic rings. The Balaban J connectivity index is 0.00000676. The molecule has 0 radical (unpaired) electrons. The normalized spacial score (nSPS) is 13.4. The monoisotopic (exact) mass is 521 g/mol. The molecule has 1 rings (SSSR count). The maximum Gasteiger partial charge on any atom is 0.434 e. The van der Waals surface area contributed by atoms with E-state index in [1.165, 1.54) is 0 Å². The Hall–Kier alpha value is -0.620. The number of hydrogen-bond donors (Lipinski definition) is 2. The second kappa shape index (κ2) is 13.5. The summed E-state index contributed by atoms with van der Waals surface area (Å²) in [5.74, 6) is 0.603. The molecule has 1 atom stereocenters. The van der Waals surface area contributed by atoms with E-state index in [1.54, 1.807) is 0 Å². The third kappa shape index (κ3) is 10.5. The van der Waals surface area contributed by atoms with E-state index in [-0.39, 0.29) is 36.6 Å². The van der Waals surface area contributed by atoms with Gasteiger partial charge in [0.2, 0.25) is 0 Å². The maximum atomic E-state index is 12.6. The number of thiazole rings is 1. The van der Waals surface area contributed by atoms with Crippen molar-refractivity contribution in [2.45, 2.75) is 59.3 Å². The number of aromatic nitrogens is 1. The summed E-state index contributed by atoms with van der Waals surface area (Å²) in [6.45, 7) is 12.3. The highest BCUT2D eigenvalue weighted by Gasteiger charge is 2.33. The summed E-state index contributed by atoms with van der Waals surface area (Å²) >= 11 is 0.978. The molecule has 0 aromatic carbocycles. The van der Waals surface area contributed by atoms with Crippen LogP contribution in [0.15, 0.2) is 10.4 Å². The van der Waals surface area contributed by atoms with E-state index >= 15 is 0 Å². The molecular formula is C17H31F3IN5S. The standard InChI is InChI=1S/C17H30F3N5S.HI/c1-5-21-16(23-13(4)9-8-10-25(6-2)7-3)22-11-15-24-14(12-26-15)17(18,19)20;/h12-13H,5-11H2,1-4H3,(H2,21,22,23);1H. The van der Waals surface area contributed by atoms with Crippen LogP contribution in [-0.4, -0.2) is 48.1 Å². The predicted octanol–water partition coefficient (Wildman–Crippen LogP) is 4.35. The molecule has 158 valence electrons. The molecule has 1 unspecified atom stereocenters. The molecule has 0 aliphatic heterocycles. The van der Waals surface area contributed by atoms with Gasteiger partial charge in [0.25, 0.3) is 0 Å². The lowest BCUT2D eigenvalue weighted by Gasteiger charge is -2.21. The molecule has 5 nitrogen and oxygen atoms in total. The summed E-state index contributed by atoms with van der Waals surface area (Å²) in [7, 11) is 0. The second-order valence-corrected chi connectivity index (χ2v) is 6.98. The van der Waals surface area contributed by atoms with Gasteiger partial charge in [0.05, 0.1) is 6.54 Å². The van der Waals surface area contributed by atoms with E-state index in [2.05, 4.69) is 46.3 Å². The fourth-order valence-electron chi connectivity index (χ4n) is 2.45. The van der Waals surface area contributed by atoms with Crippen molar-refractivity contribution in [3.8, 4) is 0 Å². The fraction of sp³-hybridized carbons (Fsp3) is 0.765. The lowest BCUT2D eigenvalue weighted by Crippen LogP contribution is -2.42. The summed E-state index contributed by atoms with van der Waals surface area (Å²) in [6.07, 6.45) is -2.33. The number of nitrogens with zero attached hydrogens (tertiary/aromatic N) is 3. The highest BCUT2D eigenvalue weighted by molar-refractivity contribution is 14.0. The zero-order valence-corrected chi connectivity index (χ0v) is 19.5. The van der Waals surface area contributed by atoms with E-state index < -0.39 is 11.9 Å². The van der Waals surface area contributed by atoms with E-state index in [9.17, 15) is 13.2 Å². The first-order valence-corrected chi connectivity index (χ1v) is 9.96. The van der Waals surface area contributed by atoms with Gasteiger partial charge in [-0.3, -0.25) is 0 Å². The number of nitrogens with one attached hydrogen (secondary N) is 2. The first-order valence-electron chi connectivity index (χ1n) is 9.08. The Bertz CT molecular complexity index is 547. The number of rotatable bonds is 10. The molecule has 0 fully saturated rings. The molecule has 10 heteroatoms. The van der Waals surface area contributed by atoms with E-state index in [4.69, 9.17) is 0 Å². The van der Waals surface area contributed by atoms with Crippen LogP contribution in [0.3, 0.4) is 0 Å². The first-order chi connectivity index (χ1) is 12.3. The first kappa shape index (κ1) is 26.4. The number of aliphatic imine (C=N–C) groups is 1. The quantitative estimate of drug-likeness (QED) is 0.273. The minimum absolute atomic E-state index is 0. The SMILES string of the molecule is CCNC(=NCc1nc(C(F)(F)F)cs1)NC(C)CCCN(CC)CC.I. The van der Waals surface area contributed by atoms with E-state index in [0.29, 0.717) is 17.5 Å². The number of guanidine groups is 1. The van der Waals surface area contributed by atoms with Crippen LogP contribution in [0, 0.1) is 0 Å². The Kier molecular flexibility index (Phi) is 13.2. The smallest absolute Gasteiger partial charge is 0.357 e. The van der Waals surface area contributed by atoms with Crippen molar-refractivity contribution in [1.82, 2.24) is 20.5 Å². The number of hydrogen-bond acceptors (Lipinski definition) is 4. The molecular weight excluding hydrogens is 490 g/mol. The molecule has 27 heavy (non-hydrogen) atoms. The molecule has 0 amide bonds. The van der Waals surface area contributed by atoms with Crippen LogP contribution in [-0.2, 0) is 12.7 Å². The molecule has 1 aromatic heterocycles. The Morgan fingerprint density at radius 1 is 1.30 bits per heavy atom. The fourth-order valence-corrected chi connectivity index (χ4v) is 3.17. The summed E-state index contributed by atoms with van der Waals surface area (Å²) in [5, 5.41) is 7.81. The Morgan fingerprint density at radius 2 is 1.96 bits per heavy atom. The minimum atomic E-state index is -4.40. The highest BCUT2D eigenvalue weighted by Crippen LogP contribution is 2.30. The molecule has 2 N–H and O–H groups in total. The summed E-state index contributed by atoms with van der Waals surface area (Å²) in [6, 6.07) is 0.227. The van der Waals surface area contributed by atoms with Crippen LogP contribution in [0.1, 0.15) is 51.2 Å². The van der Waals surface area contributed by atoms with Crippen molar-refractivity contribution in [1.29, 1.82) is 0 Å². The van der Waals surface area contributed by atoms with Gasteiger partial charge in [0.1, 0.15) is 5.01 Å². The van der Waals surface area contributed by atoms with E-state index in [0.717, 1.165) is 49.2 Å². The van der Waals surface area contributed by atoms with Gasteiger partial charge in [0, 0.05) is 18.0 Å². The average molecular weight is 521 g/mol. The van der Waals surface area contributed by atoms with Gasteiger partial charge in [-0.2, -0.15) is 13.2 Å². The van der Waals surface area contributed by atoms with Crippen LogP contribution in [0.5, 0.6) is 0 Å². The highest BCUT2D eigenvalue weighted by atomic mass is 127. The molecule has 1 aromatic rings. The molecule has 0 spiro atoms. The molecule has 0 saturated heterocycles. The third-order valence-electron chi connectivity index (χ3n) is 3.95. The Morgan fingerprint density at radius 3 is 2.48 bits per heavy atom. The van der Waals surface area contributed by atoms with Gasteiger partial charge in [-0.1, -0.05) is 13.8 Å². The second-order valence-electron chi connectivity index (χ2n) is 6.03. The van der Waals surface area contributed by atoms with Gasteiger partial charge in [-0.15, -0.1) is 35.3 Å². The number of halogens is 4. The number of alkyl halides is 3. The zero-order valence-electron chi connectivity index (χ0n) is 16.4. The van der Waals surface area contributed by atoms with Gasteiger partial charge in [-0.25, -0.2) is 9.98 Å². The predicted molar refractivity (Wildman–Crippen MR) is 117 cm³/mol. The Labute approximate surface area is 181 Å². The minimum Gasteiger partial charge on any atom is -0.357 e. The van der Waals surface area contributed by atoms with Crippen molar-refractivity contribution in [2.24, 2.45) is 4.99 Å². The lowest BCUT2D eigenvalue weighted by molar-refractivity contribution is -0.140. The molecule has 0 saturated carbocycles. The maximum absolute atomic E-state index is 12.6. The molecule has 1 heterocycles. The van der Waals surface area contributed by atoms with Crippen molar-refractivity contribution >= 4 is 41.3 Å². The van der Waals surface area contributed by atoms with Crippen LogP contribution in [0.25, 0.3) is 0 Å². The topological polar surface area (TPSA) is 52.6 Å². The van der Waals surface area contributed by atoms with Crippen LogP contribution in [0.2, 0.25) is 0 Å². The van der Waals surface area contributed by atoms with Crippen molar-refractivity contribution < 1.29 is 13.2 Å². The lowest BCUT2D eigenvalue weighted by atomic mass is 10.2. The van der Waals surface area contributed by atoms with Gasteiger partial charge < -0.3 is 15.5 Å². The van der Waals surface area contributed by atoms with Gasteiger partial charge in [-0.05, 0) is 46.3 Å². The van der Waals surface area contributed by atoms with Crippen molar-refractivity contribution in [3.63, 3.8) is 0 Å². The third-order valence-corrected chi connectivity index (χ3v) is 4.78. The summed E-state index contributed by atoms with van der Waals surface area (Å²) in [5.41, 5.74) is -0.851. The van der Waals surface area contributed by atoms with Crippen molar-refractivity contribution in [2.75, 3.05) is 26.2 Å².